The van der Waals surface area contributed by atoms with Crippen molar-refractivity contribution in [2.45, 2.75) is 25.9 Å². The molecule has 0 spiro atoms. The highest BCUT2D eigenvalue weighted by Gasteiger charge is 2.14. The summed E-state index contributed by atoms with van der Waals surface area (Å²) in [6.07, 6.45) is 3.43. The number of benzene rings is 1. The van der Waals surface area contributed by atoms with Gasteiger partial charge < -0.3 is 15.6 Å². The van der Waals surface area contributed by atoms with Crippen LogP contribution in [0.2, 0.25) is 0 Å². The van der Waals surface area contributed by atoms with E-state index in [4.69, 9.17) is 10.7 Å². The number of nitrogens with two attached hydrogens (primary N) is 1. The molecule has 1 atom stereocenters. The number of hydrogen-bond donors (Lipinski definition) is 2. The number of pyridine rings is 1. The van der Waals surface area contributed by atoms with Gasteiger partial charge in [-0.1, -0.05) is 12.1 Å². The van der Waals surface area contributed by atoms with E-state index in [2.05, 4.69) is 60.3 Å². The van der Waals surface area contributed by atoms with Crippen molar-refractivity contribution in [1.82, 2.24) is 19.5 Å². The van der Waals surface area contributed by atoms with Gasteiger partial charge in [0.1, 0.15) is 23.6 Å². The molecule has 0 amide bonds. The van der Waals surface area contributed by atoms with Gasteiger partial charge >= 0.3 is 0 Å². The lowest BCUT2D eigenvalue weighted by atomic mass is 10.1. The molecule has 0 aliphatic carbocycles. The van der Waals surface area contributed by atoms with Gasteiger partial charge in [-0.3, -0.25) is 0 Å². The molecule has 3 heterocycles. The fourth-order valence-electron chi connectivity index (χ4n) is 3.12. The van der Waals surface area contributed by atoms with Crippen molar-refractivity contribution < 1.29 is 0 Å². The van der Waals surface area contributed by atoms with Gasteiger partial charge in [0.15, 0.2) is 0 Å². The number of anilines is 2. The Labute approximate surface area is 152 Å². The monoisotopic (exact) mass is 345 g/mol. The van der Waals surface area contributed by atoms with Crippen LogP contribution in [-0.4, -0.2) is 25.6 Å². The lowest BCUT2D eigenvalue weighted by Crippen LogP contribution is -2.11. The molecule has 4 rings (SSSR count). The molecule has 0 fully saturated rings. The first-order valence-electron chi connectivity index (χ1n) is 8.60. The fourth-order valence-corrected chi connectivity index (χ4v) is 3.12. The fraction of sp³-hybridized carbons (Fsp3) is 0.200. The maximum Gasteiger partial charge on any atom is 0.146 e. The molecule has 6 heteroatoms. The predicted octanol–water partition coefficient (Wildman–Crippen LogP) is 3.81. The van der Waals surface area contributed by atoms with Crippen LogP contribution >= 0.6 is 0 Å². The Hall–Kier alpha value is -3.15. The molecule has 0 bridgehead atoms. The quantitative estimate of drug-likeness (QED) is 0.588. The zero-order valence-electron chi connectivity index (χ0n) is 14.8. The Morgan fingerprint density at radius 2 is 1.92 bits per heavy atom. The number of nitrogen functional groups attached to an aromatic ring is 1. The van der Waals surface area contributed by atoms with Gasteiger partial charge in [-0.05, 0) is 50.6 Å². The maximum atomic E-state index is 5.94. The summed E-state index contributed by atoms with van der Waals surface area (Å²) in [5.74, 6) is 1.35. The molecular weight excluding hydrogens is 324 g/mol. The van der Waals surface area contributed by atoms with E-state index < -0.39 is 0 Å². The van der Waals surface area contributed by atoms with E-state index in [-0.39, 0.29) is 6.04 Å². The van der Waals surface area contributed by atoms with Gasteiger partial charge in [0, 0.05) is 17.6 Å². The summed E-state index contributed by atoms with van der Waals surface area (Å²) in [4.78, 5) is 13.1. The molecule has 0 saturated carbocycles. The first-order valence-corrected chi connectivity index (χ1v) is 8.60. The normalized spacial score (nSPS) is 12.8. The van der Waals surface area contributed by atoms with Crippen LogP contribution in [0.3, 0.4) is 0 Å². The van der Waals surface area contributed by atoms with Crippen molar-refractivity contribution in [2.75, 3.05) is 11.1 Å². The summed E-state index contributed by atoms with van der Waals surface area (Å²) in [5.41, 5.74) is 8.71. The van der Waals surface area contributed by atoms with E-state index in [9.17, 15) is 0 Å². The van der Waals surface area contributed by atoms with E-state index in [1.54, 1.807) is 0 Å². The van der Waals surface area contributed by atoms with Gasteiger partial charge in [0.05, 0.1) is 16.9 Å². The van der Waals surface area contributed by atoms with Crippen LogP contribution in [0.15, 0.2) is 48.9 Å². The first kappa shape index (κ1) is 16.3. The van der Waals surface area contributed by atoms with Crippen LogP contribution in [-0.2, 0) is 0 Å². The Morgan fingerprint density at radius 1 is 1.12 bits per heavy atom. The number of nitrogens with one attached hydrogen (secondary N) is 1. The second-order valence-corrected chi connectivity index (χ2v) is 6.68. The number of nitrogens with zero attached hydrogens (tertiary/aromatic N) is 4. The van der Waals surface area contributed by atoms with Crippen molar-refractivity contribution in [3.05, 3.63) is 61.4 Å². The van der Waals surface area contributed by atoms with Crippen LogP contribution in [0.5, 0.6) is 0 Å². The summed E-state index contributed by atoms with van der Waals surface area (Å²) >= 11 is 0. The Kier molecular flexibility index (Phi) is 3.95. The summed E-state index contributed by atoms with van der Waals surface area (Å²) in [6, 6.07) is 12.4. The van der Waals surface area contributed by atoms with Crippen molar-refractivity contribution in [3.63, 3.8) is 0 Å². The third-order valence-corrected chi connectivity index (χ3v) is 4.41. The second kappa shape index (κ2) is 6.29. The largest absolute Gasteiger partial charge is 0.383 e. The van der Waals surface area contributed by atoms with Gasteiger partial charge in [-0.15, -0.1) is 0 Å². The molecular formula is C20H21N6. The van der Waals surface area contributed by atoms with Crippen LogP contribution in [0.1, 0.15) is 25.5 Å². The predicted molar refractivity (Wildman–Crippen MR) is 106 cm³/mol. The van der Waals surface area contributed by atoms with Crippen molar-refractivity contribution in [1.29, 1.82) is 0 Å². The van der Waals surface area contributed by atoms with E-state index in [0.29, 0.717) is 11.9 Å². The Balaban J connectivity index is 1.76. The maximum absolute atomic E-state index is 5.94. The average molecular weight is 345 g/mol. The minimum atomic E-state index is -0.144. The molecule has 1 unspecified atom stereocenters. The van der Waals surface area contributed by atoms with E-state index in [1.807, 2.05) is 22.9 Å². The molecule has 131 valence electrons. The molecule has 3 aromatic heterocycles. The number of aromatic nitrogens is 4. The molecule has 0 aliphatic rings. The highest BCUT2D eigenvalue weighted by Crippen LogP contribution is 2.27. The molecule has 1 aromatic carbocycles. The Morgan fingerprint density at radius 3 is 2.73 bits per heavy atom. The molecule has 0 aliphatic heterocycles. The summed E-state index contributed by atoms with van der Waals surface area (Å²) in [5, 5.41) is 5.27. The van der Waals surface area contributed by atoms with Gasteiger partial charge in [0.2, 0.25) is 0 Å². The van der Waals surface area contributed by atoms with Crippen molar-refractivity contribution in [2.24, 2.45) is 0 Å². The topological polar surface area (TPSA) is 81.7 Å². The number of rotatable bonds is 4. The first-order chi connectivity index (χ1) is 12.5. The summed E-state index contributed by atoms with van der Waals surface area (Å²) < 4.78 is 2.00. The van der Waals surface area contributed by atoms with Crippen molar-refractivity contribution in [3.8, 4) is 0 Å². The van der Waals surface area contributed by atoms with Crippen LogP contribution < -0.4 is 11.1 Å². The smallest absolute Gasteiger partial charge is 0.146 e. The van der Waals surface area contributed by atoms with Gasteiger partial charge in [-0.25, -0.2) is 15.0 Å². The molecule has 0 saturated heterocycles. The standard InChI is InChI=1S/C20H21N6/c1-12(2)24-18-7-6-14-4-5-15(10-17(14)25-18)13(3)26-9-8-16-19(21)22-11-23-20(16)26/h4-13H,3H2,1-2H3,(H,24,25)(H2,21,22,23). The van der Waals surface area contributed by atoms with Crippen LogP contribution in [0.4, 0.5) is 11.6 Å². The third-order valence-electron chi connectivity index (χ3n) is 4.41. The second-order valence-electron chi connectivity index (χ2n) is 6.68. The Bertz CT molecular complexity index is 1080. The minimum absolute atomic E-state index is 0.144. The van der Waals surface area contributed by atoms with Crippen LogP contribution in [0.25, 0.3) is 21.9 Å². The summed E-state index contributed by atoms with van der Waals surface area (Å²) in [6.45, 7) is 8.52. The van der Waals surface area contributed by atoms with Gasteiger partial charge in [0.25, 0.3) is 0 Å². The zero-order valence-corrected chi connectivity index (χ0v) is 14.8. The third kappa shape index (κ3) is 2.83. The van der Waals surface area contributed by atoms with Crippen molar-refractivity contribution >= 4 is 33.6 Å². The highest BCUT2D eigenvalue weighted by atomic mass is 15.1. The zero-order chi connectivity index (χ0) is 18.3. The lowest BCUT2D eigenvalue weighted by Gasteiger charge is -2.16. The number of fused-ring (bicyclic) bond motifs is 2. The minimum Gasteiger partial charge on any atom is -0.383 e. The van der Waals surface area contributed by atoms with E-state index >= 15 is 0 Å². The van der Waals surface area contributed by atoms with Crippen LogP contribution in [0, 0.1) is 6.92 Å². The molecule has 6 nitrogen and oxygen atoms in total. The number of hydrogen-bond acceptors (Lipinski definition) is 5. The van der Waals surface area contributed by atoms with E-state index in [1.165, 1.54) is 6.33 Å². The van der Waals surface area contributed by atoms with Gasteiger partial charge in [-0.2, -0.15) is 0 Å². The molecule has 4 aromatic rings. The molecule has 3 N–H and O–H groups in total. The molecule has 1 radical (unpaired) electrons. The lowest BCUT2D eigenvalue weighted by molar-refractivity contribution is 0.718. The van der Waals surface area contributed by atoms with E-state index in [0.717, 1.165) is 33.3 Å². The summed E-state index contributed by atoms with van der Waals surface area (Å²) in [7, 11) is 0. The SMILES string of the molecule is [CH2]C(c1ccc2ccc(NC(C)C)nc2c1)n1ccc2c(N)ncnc21. The molecule has 26 heavy (non-hydrogen) atoms. The average Bonchev–Trinajstić information content (AvgIpc) is 3.05. The highest BCUT2D eigenvalue weighted by molar-refractivity contribution is 5.86.